The van der Waals surface area contributed by atoms with E-state index in [9.17, 15) is 9.59 Å². The quantitative estimate of drug-likeness (QED) is 0.457. The number of nitrogens with zero attached hydrogens (tertiary/aromatic N) is 1. The molecular formula is C21H24ClN3O3. The fraction of sp³-hybridized carbons (Fsp3) is 0.286. The molecule has 1 atom stereocenters. The lowest BCUT2D eigenvalue weighted by atomic mass is 10.0. The van der Waals surface area contributed by atoms with Crippen molar-refractivity contribution >= 4 is 30.1 Å². The van der Waals surface area contributed by atoms with E-state index in [0.717, 1.165) is 17.5 Å². The molecule has 1 unspecified atom stereocenters. The predicted octanol–water partition coefficient (Wildman–Crippen LogP) is 3.08. The molecule has 28 heavy (non-hydrogen) atoms. The van der Waals surface area contributed by atoms with Crippen LogP contribution in [0.2, 0.25) is 0 Å². The fourth-order valence-electron chi connectivity index (χ4n) is 3.33. The molecule has 0 aliphatic carbocycles. The van der Waals surface area contributed by atoms with Crippen LogP contribution in [0.25, 0.3) is 11.1 Å². The maximum absolute atomic E-state index is 12.7. The van der Waals surface area contributed by atoms with Crippen molar-refractivity contribution in [3.63, 3.8) is 0 Å². The van der Waals surface area contributed by atoms with E-state index >= 15 is 0 Å². The average molecular weight is 402 g/mol. The van der Waals surface area contributed by atoms with Crippen LogP contribution in [-0.2, 0) is 9.53 Å². The highest BCUT2D eigenvalue weighted by atomic mass is 35.5. The lowest BCUT2D eigenvalue weighted by Gasteiger charge is -2.16. The van der Waals surface area contributed by atoms with Crippen molar-refractivity contribution in [3.8, 4) is 11.1 Å². The number of amidine groups is 1. The topological polar surface area (TPSA) is 96.5 Å². The SMILES string of the molecule is COC(=O)CC1CCN(C(=O)c2ccc(-c3ccc(C(=N)N)cc3)cc2)C1.Cl. The monoisotopic (exact) mass is 401 g/mol. The zero-order valence-electron chi connectivity index (χ0n) is 15.7. The van der Waals surface area contributed by atoms with Crippen molar-refractivity contribution in [1.82, 2.24) is 4.90 Å². The Morgan fingerprint density at radius 3 is 2.11 bits per heavy atom. The first kappa shape index (κ1) is 21.4. The Balaban J connectivity index is 0.00000280. The van der Waals surface area contributed by atoms with Crippen LogP contribution in [0.5, 0.6) is 0 Å². The second-order valence-corrected chi connectivity index (χ2v) is 6.75. The van der Waals surface area contributed by atoms with Gasteiger partial charge in [0.1, 0.15) is 5.84 Å². The number of nitrogen functional groups attached to an aromatic ring is 1. The van der Waals surface area contributed by atoms with E-state index in [4.69, 9.17) is 15.9 Å². The largest absolute Gasteiger partial charge is 0.469 e. The lowest BCUT2D eigenvalue weighted by Crippen LogP contribution is -2.29. The number of esters is 1. The Hall–Kier alpha value is -2.86. The molecule has 1 aliphatic heterocycles. The normalized spacial score (nSPS) is 15.6. The number of likely N-dealkylation sites (tertiary alicyclic amines) is 1. The molecule has 0 saturated carbocycles. The molecule has 0 bridgehead atoms. The highest BCUT2D eigenvalue weighted by molar-refractivity contribution is 5.96. The van der Waals surface area contributed by atoms with Gasteiger partial charge in [-0.1, -0.05) is 36.4 Å². The highest BCUT2D eigenvalue weighted by Crippen LogP contribution is 2.24. The summed E-state index contributed by atoms with van der Waals surface area (Å²) < 4.78 is 4.71. The zero-order valence-corrected chi connectivity index (χ0v) is 16.5. The summed E-state index contributed by atoms with van der Waals surface area (Å²) in [5.41, 5.74) is 8.78. The molecule has 6 nitrogen and oxygen atoms in total. The molecular weight excluding hydrogens is 378 g/mol. The second-order valence-electron chi connectivity index (χ2n) is 6.75. The van der Waals surface area contributed by atoms with Gasteiger partial charge in [-0.25, -0.2) is 0 Å². The Morgan fingerprint density at radius 1 is 1.07 bits per heavy atom. The van der Waals surface area contributed by atoms with Crippen LogP contribution >= 0.6 is 12.4 Å². The van der Waals surface area contributed by atoms with Gasteiger partial charge in [0, 0.05) is 24.2 Å². The van der Waals surface area contributed by atoms with Crippen LogP contribution in [0.3, 0.4) is 0 Å². The number of carbonyl (C=O) groups excluding carboxylic acids is 2. The number of amides is 1. The Kier molecular flexibility index (Phi) is 7.18. The van der Waals surface area contributed by atoms with Crippen molar-refractivity contribution in [3.05, 3.63) is 59.7 Å². The summed E-state index contributed by atoms with van der Waals surface area (Å²) in [6.45, 7) is 1.25. The molecule has 0 spiro atoms. The first-order chi connectivity index (χ1) is 13.0. The van der Waals surface area contributed by atoms with Crippen LogP contribution in [0.1, 0.15) is 28.8 Å². The number of carbonyl (C=O) groups is 2. The van der Waals surface area contributed by atoms with E-state index in [-0.39, 0.29) is 36.0 Å². The summed E-state index contributed by atoms with van der Waals surface area (Å²) in [6.07, 6.45) is 1.18. The van der Waals surface area contributed by atoms with Gasteiger partial charge < -0.3 is 15.4 Å². The minimum Gasteiger partial charge on any atom is -0.469 e. The van der Waals surface area contributed by atoms with Gasteiger partial charge in [0.05, 0.1) is 13.5 Å². The highest BCUT2D eigenvalue weighted by Gasteiger charge is 2.28. The van der Waals surface area contributed by atoms with Crippen molar-refractivity contribution in [2.45, 2.75) is 12.8 Å². The standard InChI is InChI=1S/C21H23N3O3.ClH/c1-27-19(25)12-14-10-11-24(13-14)21(26)18-8-4-16(5-9-18)15-2-6-17(7-3-15)20(22)23;/h2-9,14H,10-13H2,1H3,(H3,22,23);1H. The molecule has 0 aromatic heterocycles. The molecule has 2 aromatic carbocycles. The van der Waals surface area contributed by atoms with Gasteiger partial charge in [-0.05, 0) is 35.6 Å². The molecule has 1 fully saturated rings. The summed E-state index contributed by atoms with van der Waals surface area (Å²) in [7, 11) is 1.38. The maximum atomic E-state index is 12.7. The maximum Gasteiger partial charge on any atom is 0.305 e. The number of benzene rings is 2. The van der Waals surface area contributed by atoms with Gasteiger partial charge in [-0.2, -0.15) is 0 Å². The van der Waals surface area contributed by atoms with Gasteiger partial charge in [-0.15, -0.1) is 12.4 Å². The van der Waals surface area contributed by atoms with Crippen LogP contribution < -0.4 is 5.73 Å². The lowest BCUT2D eigenvalue weighted by molar-refractivity contribution is -0.141. The molecule has 2 aromatic rings. The Bertz CT molecular complexity index is 850. The third kappa shape index (κ3) is 4.89. The molecule has 1 saturated heterocycles. The zero-order chi connectivity index (χ0) is 19.4. The van der Waals surface area contributed by atoms with E-state index < -0.39 is 0 Å². The summed E-state index contributed by atoms with van der Waals surface area (Å²) in [5.74, 6) is -0.0330. The fourth-order valence-corrected chi connectivity index (χ4v) is 3.33. The van der Waals surface area contributed by atoms with Crippen LogP contribution in [0.4, 0.5) is 0 Å². The second kappa shape index (κ2) is 9.37. The number of halogens is 1. The van der Waals surface area contributed by atoms with Crippen molar-refractivity contribution in [1.29, 1.82) is 5.41 Å². The molecule has 1 aliphatic rings. The smallest absolute Gasteiger partial charge is 0.305 e. The van der Waals surface area contributed by atoms with E-state index in [2.05, 4.69) is 0 Å². The number of nitrogens with one attached hydrogen (secondary N) is 1. The van der Waals surface area contributed by atoms with E-state index in [1.54, 1.807) is 4.90 Å². The molecule has 3 N–H and O–H groups in total. The Morgan fingerprint density at radius 2 is 1.61 bits per heavy atom. The van der Waals surface area contributed by atoms with Gasteiger partial charge in [0.15, 0.2) is 0 Å². The number of nitrogens with two attached hydrogens (primary N) is 1. The van der Waals surface area contributed by atoms with Gasteiger partial charge >= 0.3 is 5.97 Å². The summed E-state index contributed by atoms with van der Waals surface area (Å²) in [6, 6.07) is 14.9. The van der Waals surface area contributed by atoms with Crippen LogP contribution in [-0.4, -0.2) is 42.8 Å². The first-order valence-electron chi connectivity index (χ1n) is 8.89. The summed E-state index contributed by atoms with van der Waals surface area (Å²) in [4.78, 5) is 25.9. The van der Waals surface area contributed by atoms with E-state index in [1.807, 2.05) is 48.5 Å². The minimum absolute atomic E-state index is 0. The van der Waals surface area contributed by atoms with Crippen molar-refractivity contribution < 1.29 is 14.3 Å². The van der Waals surface area contributed by atoms with Crippen LogP contribution in [0, 0.1) is 11.3 Å². The molecule has 148 valence electrons. The number of rotatable bonds is 5. The summed E-state index contributed by atoms with van der Waals surface area (Å²) in [5, 5.41) is 7.44. The van der Waals surface area contributed by atoms with Gasteiger partial charge in [-0.3, -0.25) is 15.0 Å². The number of ether oxygens (including phenoxy) is 1. The van der Waals surface area contributed by atoms with Gasteiger partial charge in [0.2, 0.25) is 0 Å². The molecule has 1 heterocycles. The first-order valence-corrected chi connectivity index (χ1v) is 8.89. The van der Waals surface area contributed by atoms with Gasteiger partial charge in [0.25, 0.3) is 5.91 Å². The van der Waals surface area contributed by atoms with Crippen LogP contribution in [0.15, 0.2) is 48.5 Å². The molecule has 1 amide bonds. The number of hydrogen-bond acceptors (Lipinski definition) is 4. The van der Waals surface area contributed by atoms with Crippen molar-refractivity contribution in [2.75, 3.05) is 20.2 Å². The summed E-state index contributed by atoms with van der Waals surface area (Å²) >= 11 is 0. The average Bonchev–Trinajstić information content (AvgIpc) is 3.16. The third-order valence-corrected chi connectivity index (χ3v) is 4.92. The minimum atomic E-state index is -0.227. The molecule has 7 heteroatoms. The predicted molar refractivity (Wildman–Crippen MR) is 111 cm³/mol. The van der Waals surface area contributed by atoms with E-state index in [1.165, 1.54) is 7.11 Å². The Labute approximate surface area is 170 Å². The number of hydrogen-bond donors (Lipinski definition) is 2. The van der Waals surface area contributed by atoms with E-state index in [0.29, 0.717) is 30.6 Å². The third-order valence-electron chi connectivity index (χ3n) is 4.92. The molecule has 0 radical (unpaired) electrons. The number of methoxy groups -OCH3 is 1. The van der Waals surface area contributed by atoms with Crippen molar-refractivity contribution in [2.24, 2.45) is 11.7 Å². The molecule has 3 rings (SSSR count).